The number of halogens is 1. The van der Waals surface area contributed by atoms with Gasteiger partial charge in [-0.05, 0) is 36.8 Å². The maximum atomic E-state index is 13.5. The molecule has 1 atom stereocenters. The number of fused-ring (bicyclic) bond motifs is 1. The van der Waals surface area contributed by atoms with Gasteiger partial charge in [0.2, 0.25) is 5.60 Å². The van der Waals surface area contributed by atoms with Crippen LogP contribution < -0.4 is 4.31 Å². The van der Waals surface area contributed by atoms with E-state index in [0.717, 1.165) is 10.7 Å². The molecule has 0 bridgehead atoms. The fourth-order valence-corrected chi connectivity index (χ4v) is 5.25. The van der Waals surface area contributed by atoms with E-state index in [1.54, 1.807) is 36.4 Å². The van der Waals surface area contributed by atoms with E-state index in [0.29, 0.717) is 16.5 Å². The van der Waals surface area contributed by atoms with Crippen molar-refractivity contribution in [3.8, 4) is 0 Å². The number of rotatable bonds is 6. The van der Waals surface area contributed by atoms with Gasteiger partial charge in [-0.3, -0.25) is 9.59 Å². The highest BCUT2D eigenvalue weighted by Gasteiger charge is 2.57. The lowest BCUT2D eigenvalue weighted by molar-refractivity contribution is -0.166. The molecule has 2 aromatic carbocycles. The van der Waals surface area contributed by atoms with E-state index in [9.17, 15) is 18.0 Å². The number of carbonyl (C=O) groups is 2. The minimum Gasteiger partial charge on any atom is -0.444 e. The largest absolute Gasteiger partial charge is 0.444 e. The molecule has 1 unspecified atom stereocenters. The Kier molecular flexibility index (Phi) is 5.63. The molecule has 28 heavy (non-hydrogen) atoms. The fourth-order valence-electron chi connectivity index (χ4n) is 3.40. The summed E-state index contributed by atoms with van der Waals surface area (Å²) in [6.07, 6.45) is 1.54. The van der Waals surface area contributed by atoms with Gasteiger partial charge < -0.3 is 4.74 Å². The Morgan fingerprint density at radius 1 is 1.18 bits per heavy atom. The summed E-state index contributed by atoms with van der Waals surface area (Å²) in [6.45, 7) is 3.16. The SMILES string of the molecule is CCCCC1(OC(C)=O)C(=O)N(S(=O)(=O)c2ccccc2)c2ccc(Br)cc21. The zero-order valence-electron chi connectivity index (χ0n) is 15.5. The van der Waals surface area contributed by atoms with Gasteiger partial charge in [0.05, 0.1) is 10.6 Å². The average Bonchev–Trinajstić information content (AvgIpc) is 2.89. The van der Waals surface area contributed by atoms with Gasteiger partial charge in [-0.2, -0.15) is 4.31 Å². The van der Waals surface area contributed by atoms with Crippen LogP contribution in [0.5, 0.6) is 0 Å². The zero-order chi connectivity index (χ0) is 20.5. The summed E-state index contributed by atoms with van der Waals surface area (Å²) in [7, 11) is -4.17. The minimum atomic E-state index is -4.17. The van der Waals surface area contributed by atoms with Crippen molar-refractivity contribution < 1.29 is 22.7 Å². The van der Waals surface area contributed by atoms with E-state index in [-0.39, 0.29) is 17.0 Å². The molecule has 1 aliphatic heterocycles. The molecule has 8 heteroatoms. The predicted octanol–water partition coefficient (Wildman–Crippen LogP) is 4.13. The van der Waals surface area contributed by atoms with Crippen LogP contribution in [0.2, 0.25) is 0 Å². The van der Waals surface area contributed by atoms with Crippen LogP contribution in [-0.2, 0) is 30.0 Å². The molecule has 0 aromatic heterocycles. The molecule has 148 valence electrons. The Bertz CT molecular complexity index is 1020. The Hall–Kier alpha value is -2.19. The average molecular weight is 466 g/mol. The maximum absolute atomic E-state index is 13.5. The summed E-state index contributed by atoms with van der Waals surface area (Å²) in [5, 5.41) is 0. The third kappa shape index (κ3) is 3.35. The highest BCUT2D eigenvalue weighted by molar-refractivity contribution is 9.10. The van der Waals surface area contributed by atoms with Crippen molar-refractivity contribution in [3.05, 3.63) is 58.6 Å². The summed E-state index contributed by atoms with van der Waals surface area (Å²) in [6, 6.07) is 12.6. The number of carbonyl (C=O) groups excluding carboxylic acids is 2. The molecule has 0 saturated heterocycles. The summed E-state index contributed by atoms with van der Waals surface area (Å²) in [5.41, 5.74) is -1.09. The van der Waals surface area contributed by atoms with E-state index < -0.39 is 27.5 Å². The number of esters is 1. The van der Waals surface area contributed by atoms with Crippen molar-refractivity contribution in [2.75, 3.05) is 4.31 Å². The highest BCUT2D eigenvalue weighted by Crippen LogP contribution is 2.49. The maximum Gasteiger partial charge on any atom is 0.304 e. The van der Waals surface area contributed by atoms with Crippen molar-refractivity contribution in [3.63, 3.8) is 0 Å². The third-order valence-corrected chi connectivity index (χ3v) is 6.83. The Morgan fingerprint density at radius 2 is 1.86 bits per heavy atom. The van der Waals surface area contributed by atoms with Gasteiger partial charge in [-0.25, -0.2) is 8.42 Å². The lowest BCUT2D eigenvalue weighted by atomic mass is 9.89. The third-order valence-electron chi connectivity index (χ3n) is 4.62. The standard InChI is InChI=1S/C20H20BrNO5S/c1-3-4-12-20(27-14(2)23)17-13-15(21)10-11-18(17)22(19(20)24)28(25,26)16-8-6-5-7-9-16/h5-11,13H,3-4,12H2,1-2H3. The number of ether oxygens (including phenoxy) is 1. The first-order valence-electron chi connectivity index (χ1n) is 8.88. The number of hydrogen-bond donors (Lipinski definition) is 0. The Morgan fingerprint density at radius 3 is 2.46 bits per heavy atom. The topological polar surface area (TPSA) is 80.8 Å². The summed E-state index contributed by atoms with van der Waals surface area (Å²) in [5.74, 6) is -1.41. The number of sulfonamides is 1. The molecule has 1 heterocycles. The van der Waals surface area contributed by atoms with E-state index in [1.807, 2.05) is 6.92 Å². The Balaban J connectivity index is 2.25. The van der Waals surface area contributed by atoms with Crippen LogP contribution in [-0.4, -0.2) is 20.3 Å². The second-order valence-corrected chi connectivity index (χ2v) is 9.28. The summed E-state index contributed by atoms with van der Waals surface area (Å²) >= 11 is 3.37. The van der Waals surface area contributed by atoms with E-state index >= 15 is 0 Å². The van der Waals surface area contributed by atoms with Crippen LogP contribution in [0.25, 0.3) is 0 Å². The normalized spacial score (nSPS) is 18.8. The van der Waals surface area contributed by atoms with Crippen molar-refractivity contribution in [1.29, 1.82) is 0 Å². The number of benzene rings is 2. The number of amides is 1. The second kappa shape index (κ2) is 7.67. The van der Waals surface area contributed by atoms with Crippen molar-refractivity contribution in [2.45, 2.75) is 43.6 Å². The lowest BCUT2D eigenvalue weighted by Crippen LogP contribution is -2.45. The van der Waals surface area contributed by atoms with Crippen molar-refractivity contribution in [2.24, 2.45) is 0 Å². The first kappa shape index (κ1) is 20.5. The minimum absolute atomic E-state index is 0.00802. The van der Waals surface area contributed by atoms with Crippen LogP contribution in [0, 0.1) is 0 Å². The summed E-state index contributed by atoms with van der Waals surface area (Å²) in [4.78, 5) is 25.4. The first-order chi connectivity index (χ1) is 13.2. The summed E-state index contributed by atoms with van der Waals surface area (Å²) < 4.78 is 33.6. The molecule has 6 nitrogen and oxygen atoms in total. The van der Waals surface area contributed by atoms with Gasteiger partial charge in [0.1, 0.15) is 0 Å². The smallest absolute Gasteiger partial charge is 0.304 e. The molecular weight excluding hydrogens is 446 g/mol. The van der Waals surface area contributed by atoms with Crippen molar-refractivity contribution in [1.82, 2.24) is 0 Å². The van der Waals surface area contributed by atoms with Crippen LogP contribution in [0.15, 0.2) is 57.9 Å². The molecule has 0 radical (unpaired) electrons. The first-order valence-corrected chi connectivity index (χ1v) is 11.1. The molecule has 0 spiro atoms. The molecular formula is C20H20BrNO5S. The number of unbranched alkanes of at least 4 members (excludes halogenated alkanes) is 1. The quantitative estimate of drug-likeness (QED) is 0.598. The molecule has 3 rings (SSSR count). The van der Waals surface area contributed by atoms with Gasteiger partial charge in [-0.15, -0.1) is 0 Å². The molecule has 0 fully saturated rings. The molecule has 0 N–H and O–H groups in total. The molecule has 1 aliphatic rings. The van der Waals surface area contributed by atoms with Crippen LogP contribution >= 0.6 is 15.9 Å². The Labute approximate surface area is 172 Å². The monoisotopic (exact) mass is 465 g/mol. The van der Waals surface area contributed by atoms with E-state index in [1.165, 1.54) is 19.1 Å². The highest BCUT2D eigenvalue weighted by atomic mass is 79.9. The molecule has 0 aliphatic carbocycles. The predicted molar refractivity (Wildman–Crippen MR) is 108 cm³/mol. The van der Waals surface area contributed by atoms with Crippen LogP contribution in [0.4, 0.5) is 5.69 Å². The molecule has 1 amide bonds. The van der Waals surface area contributed by atoms with Crippen molar-refractivity contribution >= 4 is 43.5 Å². The van der Waals surface area contributed by atoms with Gasteiger partial charge in [-0.1, -0.05) is 47.5 Å². The zero-order valence-corrected chi connectivity index (χ0v) is 17.9. The molecule has 0 saturated carbocycles. The van der Waals surface area contributed by atoms with Crippen LogP contribution in [0.1, 0.15) is 38.7 Å². The fraction of sp³-hybridized carbons (Fsp3) is 0.300. The second-order valence-electron chi connectivity index (χ2n) is 6.57. The lowest BCUT2D eigenvalue weighted by Gasteiger charge is -2.28. The van der Waals surface area contributed by atoms with Crippen LogP contribution in [0.3, 0.4) is 0 Å². The number of anilines is 1. The van der Waals surface area contributed by atoms with Gasteiger partial charge in [0.25, 0.3) is 15.9 Å². The number of hydrogen-bond acceptors (Lipinski definition) is 5. The number of nitrogens with zero attached hydrogens (tertiary/aromatic N) is 1. The van der Waals surface area contributed by atoms with E-state index in [2.05, 4.69) is 15.9 Å². The van der Waals surface area contributed by atoms with Gasteiger partial charge in [0.15, 0.2) is 0 Å². The molecule has 2 aromatic rings. The van der Waals surface area contributed by atoms with Gasteiger partial charge in [0, 0.05) is 23.4 Å². The van der Waals surface area contributed by atoms with Gasteiger partial charge >= 0.3 is 5.97 Å². The van der Waals surface area contributed by atoms with E-state index in [4.69, 9.17) is 4.74 Å².